The highest BCUT2D eigenvalue weighted by molar-refractivity contribution is 6.31. The summed E-state index contributed by atoms with van der Waals surface area (Å²) >= 11 is 6.18. The van der Waals surface area contributed by atoms with Crippen LogP contribution < -0.4 is 16.1 Å². The third-order valence-electron chi connectivity index (χ3n) is 5.33. The minimum atomic E-state index is -0.466. The Balaban J connectivity index is 1.91. The Morgan fingerprint density at radius 3 is 2.47 bits per heavy atom. The van der Waals surface area contributed by atoms with Gasteiger partial charge in [-0.3, -0.25) is 4.79 Å². The largest absolute Gasteiger partial charge is 0.459 e. The van der Waals surface area contributed by atoms with E-state index in [1.807, 2.05) is 51.1 Å². The molecule has 1 heterocycles. The summed E-state index contributed by atoms with van der Waals surface area (Å²) in [4.78, 5) is 25.5. The fourth-order valence-electron chi connectivity index (χ4n) is 3.77. The fraction of sp³-hybridized carbons (Fsp3) is 0.407. The summed E-state index contributed by atoms with van der Waals surface area (Å²) in [6.45, 7) is 10.4. The van der Waals surface area contributed by atoms with Crippen LogP contribution in [0.2, 0.25) is 5.02 Å². The molecule has 1 aromatic heterocycles. The molecule has 1 unspecified atom stereocenters. The molecule has 0 fully saturated rings. The molecule has 1 amide bonds. The first-order chi connectivity index (χ1) is 16.0. The predicted octanol–water partition coefficient (Wildman–Crippen LogP) is 5.85. The molecule has 3 rings (SSSR count). The summed E-state index contributed by atoms with van der Waals surface area (Å²) in [5.41, 5.74) is 1.66. The van der Waals surface area contributed by atoms with Crippen molar-refractivity contribution < 1.29 is 13.9 Å². The number of fused-ring (bicyclic) bond motifs is 1. The Morgan fingerprint density at radius 1 is 1.12 bits per heavy atom. The highest BCUT2D eigenvalue weighted by Gasteiger charge is 2.25. The predicted molar refractivity (Wildman–Crippen MR) is 137 cm³/mol. The van der Waals surface area contributed by atoms with Gasteiger partial charge in [-0.25, -0.2) is 4.79 Å². The normalized spacial score (nSPS) is 12.7. The van der Waals surface area contributed by atoms with Crippen molar-refractivity contribution in [2.24, 2.45) is 5.92 Å². The van der Waals surface area contributed by atoms with Gasteiger partial charge in [-0.15, -0.1) is 0 Å². The van der Waals surface area contributed by atoms with E-state index in [4.69, 9.17) is 20.8 Å². The minimum absolute atomic E-state index is 0.0648. The molecule has 0 aliphatic heterocycles. The molecule has 3 aromatic rings. The molecule has 7 heteroatoms. The van der Waals surface area contributed by atoms with Gasteiger partial charge in [0, 0.05) is 35.2 Å². The number of carbonyl (C=O) groups excluding carboxylic acids is 1. The van der Waals surface area contributed by atoms with Crippen molar-refractivity contribution in [1.29, 1.82) is 0 Å². The standard InChI is InChI=1S/C27H33ClN2O4/c1-17(2)23(29-13-14-33-26(32)30-27(3,4)5)25-21(15-18-9-7-6-8-10-18)24(31)20-12-11-19(28)16-22(20)34-25/h6-12,16-17,23,29H,13-15H2,1-5H3,(H,30,32). The van der Waals surface area contributed by atoms with E-state index in [9.17, 15) is 9.59 Å². The van der Waals surface area contributed by atoms with Gasteiger partial charge in [0.05, 0.1) is 11.4 Å². The van der Waals surface area contributed by atoms with Crippen LogP contribution >= 0.6 is 11.6 Å². The zero-order chi connectivity index (χ0) is 24.9. The van der Waals surface area contributed by atoms with Gasteiger partial charge in [-0.2, -0.15) is 0 Å². The maximum absolute atomic E-state index is 13.5. The Kier molecular flexibility index (Phi) is 8.39. The minimum Gasteiger partial charge on any atom is -0.459 e. The zero-order valence-corrected chi connectivity index (χ0v) is 21.2. The maximum atomic E-state index is 13.5. The lowest BCUT2D eigenvalue weighted by Gasteiger charge is -2.24. The van der Waals surface area contributed by atoms with Crippen molar-refractivity contribution in [2.75, 3.05) is 13.2 Å². The van der Waals surface area contributed by atoms with Gasteiger partial charge in [0.1, 0.15) is 18.0 Å². The van der Waals surface area contributed by atoms with Gasteiger partial charge in [0.25, 0.3) is 0 Å². The molecule has 0 bridgehead atoms. The summed E-state index contributed by atoms with van der Waals surface area (Å²) < 4.78 is 11.6. The van der Waals surface area contributed by atoms with Gasteiger partial charge in [0.15, 0.2) is 5.43 Å². The maximum Gasteiger partial charge on any atom is 0.407 e. The number of rotatable bonds is 8. The molecule has 2 N–H and O–H groups in total. The number of nitrogens with one attached hydrogen (secondary N) is 2. The van der Waals surface area contributed by atoms with Gasteiger partial charge in [-0.05, 0) is 44.4 Å². The van der Waals surface area contributed by atoms with Crippen molar-refractivity contribution in [3.63, 3.8) is 0 Å². The van der Waals surface area contributed by atoms with Crippen LogP contribution in [0.25, 0.3) is 11.0 Å². The molecule has 0 saturated carbocycles. The number of hydrogen-bond donors (Lipinski definition) is 2. The molecule has 0 radical (unpaired) electrons. The van der Waals surface area contributed by atoms with Crippen LogP contribution in [0.15, 0.2) is 57.7 Å². The van der Waals surface area contributed by atoms with Crippen LogP contribution in [0, 0.1) is 5.92 Å². The average molecular weight is 485 g/mol. The summed E-state index contributed by atoms with van der Waals surface area (Å²) in [7, 11) is 0. The second kappa shape index (κ2) is 11.1. The number of amides is 1. The molecule has 1 atom stereocenters. The third kappa shape index (κ3) is 6.84. The monoisotopic (exact) mass is 484 g/mol. The Labute approximate surface area is 205 Å². The lowest BCUT2D eigenvalue weighted by Crippen LogP contribution is -2.41. The van der Waals surface area contributed by atoms with E-state index in [-0.39, 0.29) is 29.5 Å². The molecule has 6 nitrogen and oxygen atoms in total. The highest BCUT2D eigenvalue weighted by Crippen LogP contribution is 2.29. The second-order valence-electron chi connectivity index (χ2n) is 9.76. The van der Waals surface area contributed by atoms with Crippen molar-refractivity contribution in [1.82, 2.24) is 10.6 Å². The first-order valence-electron chi connectivity index (χ1n) is 11.5. The van der Waals surface area contributed by atoms with E-state index in [0.717, 1.165) is 5.56 Å². The Bertz CT molecular complexity index is 1180. The lowest BCUT2D eigenvalue weighted by molar-refractivity contribution is 0.136. The second-order valence-corrected chi connectivity index (χ2v) is 10.2. The number of carbonyl (C=O) groups is 1. The Morgan fingerprint density at radius 2 is 1.82 bits per heavy atom. The summed E-state index contributed by atoms with van der Waals surface area (Å²) in [6.07, 6.45) is -0.0148. The van der Waals surface area contributed by atoms with Crippen molar-refractivity contribution in [3.05, 3.63) is 80.7 Å². The van der Waals surface area contributed by atoms with E-state index in [0.29, 0.717) is 40.3 Å². The van der Waals surface area contributed by atoms with Gasteiger partial charge in [0.2, 0.25) is 0 Å². The van der Waals surface area contributed by atoms with E-state index in [1.165, 1.54) is 0 Å². The molecule has 2 aromatic carbocycles. The van der Waals surface area contributed by atoms with Crippen LogP contribution in [0.5, 0.6) is 0 Å². The smallest absolute Gasteiger partial charge is 0.407 e. The summed E-state index contributed by atoms with van der Waals surface area (Å²) in [5.74, 6) is 0.690. The molecule has 0 aliphatic carbocycles. The van der Waals surface area contributed by atoms with Crippen LogP contribution in [0.1, 0.15) is 57.5 Å². The van der Waals surface area contributed by atoms with Crippen molar-refractivity contribution in [2.45, 2.75) is 52.6 Å². The van der Waals surface area contributed by atoms with Crippen LogP contribution in [-0.2, 0) is 11.2 Å². The topological polar surface area (TPSA) is 80.6 Å². The highest BCUT2D eigenvalue weighted by atomic mass is 35.5. The summed E-state index contributed by atoms with van der Waals surface area (Å²) in [5, 5.41) is 7.19. The lowest BCUT2D eigenvalue weighted by atomic mass is 9.93. The quantitative estimate of drug-likeness (QED) is 0.392. The van der Waals surface area contributed by atoms with Gasteiger partial charge < -0.3 is 19.8 Å². The van der Waals surface area contributed by atoms with Crippen LogP contribution in [0.4, 0.5) is 4.79 Å². The fourth-order valence-corrected chi connectivity index (χ4v) is 3.93. The van der Waals surface area contributed by atoms with E-state index < -0.39 is 6.09 Å². The van der Waals surface area contributed by atoms with E-state index in [2.05, 4.69) is 24.5 Å². The molecule has 0 spiro atoms. The SMILES string of the molecule is CC(C)C(NCCOC(=O)NC(C)(C)C)c1oc2cc(Cl)ccc2c(=O)c1Cc1ccccc1. The molecule has 0 saturated heterocycles. The first-order valence-corrected chi connectivity index (χ1v) is 11.9. The molecule has 34 heavy (non-hydrogen) atoms. The van der Waals surface area contributed by atoms with Crippen molar-refractivity contribution >= 4 is 28.7 Å². The number of ether oxygens (including phenoxy) is 1. The van der Waals surface area contributed by atoms with Gasteiger partial charge >= 0.3 is 6.09 Å². The number of alkyl carbamates (subject to hydrolysis) is 1. The zero-order valence-electron chi connectivity index (χ0n) is 20.4. The van der Waals surface area contributed by atoms with Crippen LogP contribution in [-0.4, -0.2) is 24.8 Å². The Hall–Kier alpha value is -2.83. The number of halogens is 1. The molecular formula is C27H33ClN2O4. The molecular weight excluding hydrogens is 452 g/mol. The van der Waals surface area contributed by atoms with Crippen molar-refractivity contribution in [3.8, 4) is 0 Å². The van der Waals surface area contributed by atoms with E-state index in [1.54, 1.807) is 18.2 Å². The molecule has 182 valence electrons. The number of hydrogen-bond acceptors (Lipinski definition) is 5. The average Bonchev–Trinajstić information content (AvgIpc) is 2.75. The first kappa shape index (κ1) is 25.8. The molecule has 0 aliphatic rings. The van der Waals surface area contributed by atoms with Crippen LogP contribution in [0.3, 0.4) is 0 Å². The number of benzene rings is 2. The van der Waals surface area contributed by atoms with Gasteiger partial charge in [-0.1, -0.05) is 55.8 Å². The van der Waals surface area contributed by atoms with E-state index >= 15 is 0 Å². The third-order valence-corrected chi connectivity index (χ3v) is 5.56. The summed E-state index contributed by atoms with van der Waals surface area (Å²) in [6, 6.07) is 14.7.